The molecule has 1 heterocycles. The normalized spacial score (nSPS) is 18.5. The maximum atomic E-state index is 12.7. The molecule has 2 aromatic rings. The van der Waals surface area contributed by atoms with Crippen LogP contribution in [0.4, 0.5) is 4.79 Å². The van der Waals surface area contributed by atoms with Gasteiger partial charge in [-0.15, -0.1) is 0 Å². The molecule has 2 aliphatic rings. The zero-order chi connectivity index (χ0) is 23.0. The highest BCUT2D eigenvalue weighted by atomic mass is 35.5. The third kappa shape index (κ3) is 5.15. The number of hydrogen-bond donors (Lipinski definition) is 2. The second-order valence-electron chi connectivity index (χ2n) is 7.29. The molecule has 1 aliphatic heterocycles. The van der Waals surface area contributed by atoms with Gasteiger partial charge in [-0.2, -0.15) is 0 Å². The number of rotatable bonds is 8. The maximum absolute atomic E-state index is 12.7. The van der Waals surface area contributed by atoms with E-state index in [1.165, 1.54) is 19.2 Å². The second kappa shape index (κ2) is 9.11. The Labute approximate surface area is 199 Å². The number of amides is 2. The van der Waals surface area contributed by atoms with Crippen LogP contribution in [0, 0.1) is 0 Å². The average molecular weight is 517 g/mol. The lowest BCUT2D eigenvalue weighted by molar-refractivity contribution is -0.118. The number of carbonyl (C=O) groups is 2. The summed E-state index contributed by atoms with van der Waals surface area (Å²) in [7, 11) is -2.41. The van der Waals surface area contributed by atoms with Gasteiger partial charge in [0.15, 0.2) is 5.75 Å². The van der Waals surface area contributed by atoms with Crippen molar-refractivity contribution < 1.29 is 27.5 Å². The van der Waals surface area contributed by atoms with E-state index in [1.807, 2.05) is 0 Å². The molecule has 1 aliphatic carbocycles. The van der Waals surface area contributed by atoms with Crippen molar-refractivity contribution in [3.05, 3.63) is 45.9 Å². The van der Waals surface area contributed by atoms with Crippen molar-refractivity contribution in [3.63, 3.8) is 0 Å². The number of thioether (sulfide) groups is 1. The van der Waals surface area contributed by atoms with Crippen LogP contribution in [0.2, 0.25) is 10.0 Å². The van der Waals surface area contributed by atoms with E-state index >= 15 is 0 Å². The Bertz CT molecular complexity index is 1180. The van der Waals surface area contributed by atoms with E-state index in [2.05, 4.69) is 10.0 Å². The molecule has 1 saturated heterocycles. The number of hydrogen-bond acceptors (Lipinski definition) is 7. The first kappa shape index (κ1) is 23.2. The highest BCUT2D eigenvalue weighted by molar-refractivity contribution is 8.15. The SMILES string of the molecule is COc1ccc(Oc2c(Cl)cc(CC3SC(=O)NC3=O)cc2Cl)cc1S(=O)(=O)NC1CC1. The van der Waals surface area contributed by atoms with Gasteiger partial charge >= 0.3 is 0 Å². The van der Waals surface area contributed by atoms with Crippen molar-refractivity contribution in [2.24, 2.45) is 0 Å². The Hall–Kier alpha value is -1.98. The number of methoxy groups -OCH3 is 1. The van der Waals surface area contributed by atoms with E-state index in [9.17, 15) is 18.0 Å². The number of benzene rings is 2. The minimum atomic E-state index is -3.79. The van der Waals surface area contributed by atoms with Crippen LogP contribution in [0.3, 0.4) is 0 Å². The lowest BCUT2D eigenvalue weighted by Gasteiger charge is -2.15. The lowest BCUT2D eigenvalue weighted by Crippen LogP contribution is -2.26. The fraction of sp³-hybridized carbons (Fsp3) is 0.300. The molecule has 4 rings (SSSR count). The van der Waals surface area contributed by atoms with Gasteiger partial charge in [0, 0.05) is 12.1 Å². The smallest absolute Gasteiger partial charge is 0.286 e. The Morgan fingerprint density at radius 2 is 1.84 bits per heavy atom. The fourth-order valence-electron chi connectivity index (χ4n) is 3.10. The molecular formula is C20H18Cl2N2O6S2. The molecule has 0 bridgehead atoms. The average Bonchev–Trinajstić information content (AvgIpc) is 3.47. The van der Waals surface area contributed by atoms with Crippen molar-refractivity contribution in [2.45, 2.75) is 35.4 Å². The van der Waals surface area contributed by atoms with Crippen molar-refractivity contribution in [1.29, 1.82) is 0 Å². The Morgan fingerprint density at radius 1 is 1.16 bits per heavy atom. The van der Waals surface area contributed by atoms with E-state index in [1.54, 1.807) is 18.2 Å². The molecule has 2 fully saturated rings. The summed E-state index contributed by atoms with van der Waals surface area (Å²) in [5.41, 5.74) is 0.654. The molecule has 170 valence electrons. The third-order valence-electron chi connectivity index (χ3n) is 4.79. The van der Waals surface area contributed by atoms with Gasteiger partial charge in [-0.1, -0.05) is 35.0 Å². The van der Waals surface area contributed by atoms with Gasteiger partial charge in [0.25, 0.3) is 5.24 Å². The molecule has 2 aromatic carbocycles. The molecular weight excluding hydrogens is 499 g/mol. The molecule has 12 heteroatoms. The first-order valence-corrected chi connectivity index (χ1v) is 12.7. The van der Waals surface area contributed by atoms with Gasteiger partial charge < -0.3 is 9.47 Å². The van der Waals surface area contributed by atoms with Gasteiger partial charge in [0.2, 0.25) is 15.9 Å². The molecule has 2 N–H and O–H groups in total. The van der Waals surface area contributed by atoms with Crippen LogP contribution >= 0.6 is 35.0 Å². The van der Waals surface area contributed by atoms with E-state index in [0.717, 1.165) is 24.6 Å². The predicted molar refractivity (Wildman–Crippen MR) is 121 cm³/mol. The quantitative estimate of drug-likeness (QED) is 0.542. The van der Waals surface area contributed by atoms with Crippen molar-refractivity contribution in [1.82, 2.24) is 10.0 Å². The first-order valence-electron chi connectivity index (χ1n) is 9.54. The molecule has 1 atom stereocenters. The zero-order valence-electron chi connectivity index (χ0n) is 16.7. The van der Waals surface area contributed by atoms with Crippen molar-refractivity contribution >= 4 is 56.1 Å². The van der Waals surface area contributed by atoms with Crippen LogP contribution in [-0.2, 0) is 21.2 Å². The summed E-state index contributed by atoms with van der Waals surface area (Å²) in [6.45, 7) is 0. The molecule has 0 aromatic heterocycles. The zero-order valence-corrected chi connectivity index (χ0v) is 19.8. The van der Waals surface area contributed by atoms with Crippen LogP contribution in [-0.4, -0.2) is 38.0 Å². The predicted octanol–water partition coefficient (Wildman–Crippen LogP) is 4.13. The van der Waals surface area contributed by atoms with E-state index in [-0.39, 0.29) is 50.6 Å². The summed E-state index contributed by atoms with van der Waals surface area (Å²) >= 11 is 13.6. The molecule has 0 radical (unpaired) electrons. The number of sulfonamides is 1. The Morgan fingerprint density at radius 3 is 2.41 bits per heavy atom. The highest BCUT2D eigenvalue weighted by Gasteiger charge is 2.32. The van der Waals surface area contributed by atoms with Gasteiger partial charge in [-0.05, 0) is 49.1 Å². The molecule has 1 saturated carbocycles. The molecule has 8 nitrogen and oxygen atoms in total. The summed E-state index contributed by atoms with van der Waals surface area (Å²) in [6, 6.07) is 7.49. The summed E-state index contributed by atoms with van der Waals surface area (Å²) in [4.78, 5) is 23.1. The summed E-state index contributed by atoms with van der Waals surface area (Å²) in [6.07, 6.45) is 1.86. The summed E-state index contributed by atoms with van der Waals surface area (Å²) in [5.74, 6) is 0.162. The second-order valence-corrected chi connectivity index (χ2v) is 11.0. The first-order chi connectivity index (χ1) is 15.2. The third-order valence-corrected chi connectivity index (χ3v) is 7.87. The largest absolute Gasteiger partial charge is 0.495 e. The molecule has 1 unspecified atom stereocenters. The topological polar surface area (TPSA) is 111 Å². The molecule has 2 amide bonds. The number of imide groups is 1. The van der Waals surface area contributed by atoms with E-state index in [4.69, 9.17) is 32.7 Å². The number of halogens is 2. The van der Waals surface area contributed by atoms with Gasteiger partial charge in [0.1, 0.15) is 16.4 Å². The minimum Gasteiger partial charge on any atom is -0.495 e. The number of carbonyl (C=O) groups excluding carboxylic acids is 2. The molecule has 32 heavy (non-hydrogen) atoms. The van der Waals surface area contributed by atoms with Crippen LogP contribution < -0.4 is 19.5 Å². The van der Waals surface area contributed by atoms with Gasteiger partial charge in [0.05, 0.1) is 22.4 Å². The summed E-state index contributed by atoms with van der Waals surface area (Å²) < 4.78 is 39.0. The monoisotopic (exact) mass is 516 g/mol. The minimum absolute atomic E-state index is 0.0535. The Balaban J connectivity index is 1.58. The lowest BCUT2D eigenvalue weighted by atomic mass is 10.1. The molecule has 0 spiro atoms. The van der Waals surface area contributed by atoms with Gasteiger partial charge in [-0.25, -0.2) is 13.1 Å². The standard InChI is InChI=1S/C20H18Cl2N2O6S2/c1-29-15-5-4-12(9-17(15)32(27,28)24-11-2-3-11)30-18-13(21)6-10(7-14(18)22)8-16-19(25)23-20(26)31-16/h4-7,9,11,16,24H,2-3,8H2,1H3,(H,23,25,26). The van der Waals surface area contributed by atoms with Crippen LogP contribution in [0.1, 0.15) is 18.4 Å². The van der Waals surface area contributed by atoms with Crippen LogP contribution in [0.5, 0.6) is 17.2 Å². The van der Waals surface area contributed by atoms with Crippen LogP contribution in [0.25, 0.3) is 0 Å². The van der Waals surface area contributed by atoms with Gasteiger partial charge in [-0.3, -0.25) is 14.9 Å². The van der Waals surface area contributed by atoms with Crippen molar-refractivity contribution in [3.8, 4) is 17.2 Å². The maximum Gasteiger partial charge on any atom is 0.286 e. The fourth-order valence-corrected chi connectivity index (χ4v) is 6.06. The highest BCUT2D eigenvalue weighted by Crippen LogP contribution is 2.40. The van der Waals surface area contributed by atoms with Crippen LogP contribution in [0.15, 0.2) is 35.2 Å². The summed E-state index contributed by atoms with van der Waals surface area (Å²) in [5, 5.41) is 1.64. The van der Waals surface area contributed by atoms with Crippen molar-refractivity contribution in [2.75, 3.05) is 7.11 Å². The van der Waals surface area contributed by atoms with E-state index in [0.29, 0.717) is 5.56 Å². The number of ether oxygens (including phenoxy) is 2. The van der Waals surface area contributed by atoms with E-state index < -0.39 is 20.5 Å². The number of nitrogens with one attached hydrogen (secondary N) is 2. The Kier molecular flexibility index (Phi) is 6.60.